The zero-order valence-corrected chi connectivity index (χ0v) is 16.6. The van der Waals surface area contributed by atoms with Gasteiger partial charge in [-0.1, -0.05) is 32.0 Å². The number of piperazine rings is 1. The number of hydrogen-bond donors (Lipinski definition) is 1. The van der Waals surface area contributed by atoms with Crippen molar-refractivity contribution in [2.24, 2.45) is 5.92 Å². The van der Waals surface area contributed by atoms with Gasteiger partial charge < -0.3 is 19.9 Å². The van der Waals surface area contributed by atoms with Crippen LogP contribution in [0.15, 0.2) is 24.3 Å². The van der Waals surface area contributed by atoms with Crippen LogP contribution in [0.4, 0.5) is 0 Å². The van der Waals surface area contributed by atoms with Crippen LogP contribution in [0.3, 0.4) is 0 Å². The molecule has 6 heteroatoms. The lowest BCUT2D eigenvalue weighted by molar-refractivity contribution is -0.139. The normalized spacial score (nSPS) is 23.2. The predicted octanol–water partition coefficient (Wildman–Crippen LogP) is 2.21. The van der Waals surface area contributed by atoms with Gasteiger partial charge in [0.15, 0.2) is 0 Å². The first-order chi connectivity index (χ1) is 13.1. The minimum Gasteiger partial charge on any atom is -0.496 e. The largest absolute Gasteiger partial charge is 0.496 e. The number of likely N-dealkylation sites (tertiary alicyclic amines) is 1. The lowest BCUT2D eigenvalue weighted by atomic mass is 9.99. The Morgan fingerprint density at radius 1 is 1.30 bits per heavy atom. The van der Waals surface area contributed by atoms with Crippen LogP contribution in [0.5, 0.6) is 5.75 Å². The molecular formula is C21H31N3O3. The Morgan fingerprint density at radius 3 is 2.74 bits per heavy atom. The molecule has 1 aromatic rings. The quantitative estimate of drug-likeness (QED) is 0.830. The average Bonchev–Trinajstić information content (AvgIpc) is 3.10. The second-order valence-corrected chi connectivity index (χ2v) is 7.41. The van der Waals surface area contributed by atoms with E-state index in [1.54, 1.807) is 7.11 Å². The van der Waals surface area contributed by atoms with Crippen molar-refractivity contribution < 1.29 is 14.3 Å². The number of benzene rings is 1. The summed E-state index contributed by atoms with van der Waals surface area (Å²) < 4.78 is 5.52. The topological polar surface area (TPSA) is 61.9 Å². The Hall–Kier alpha value is -2.08. The van der Waals surface area contributed by atoms with Crippen molar-refractivity contribution in [3.05, 3.63) is 29.8 Å². The van der Waals surface area contributed by atoms with Gasteiger partial charge in [0.1, 0.15) is 5.75 Å². The lowest BCUT2D eigenvalue weighted by Crippen LogP contribution is -2.51. The second-order valence-electron chi connectivity index (χ2n) is 7.41. The number of methoxy groups -OCH3 is 1. The third kappa shape index (κ3) is 3.95. The molecule has 2 atom stereocenters. The molecule has 1 N–H and O–H groups in total. The van der Waals surface area contributed by atoms with Crippen molar-refractivity contribution in [2.45, 2.75) is 45.2 Å². The number of amides is 2. The van der Waals surface area contributed by atoms with Crippen LogP contribution >= 0.6 is 0 Å². The van der Waals surface area contributed by atoms with Crippen LogP contribution in [0.1, 0.15) is 44.7 Å². The fourth-order valence-electron chi connectivity index (χ4n) is 4.40. The molecule has 0 aliphatic carbocycles. The highest BCUT2D eigenvalue weighted by molar-refractivity contribution is 5.89. The first-order valence-corrected chi connectivity index (χ1v) is 10.0. The molecular weight excluding hydrogens is 342 g/mol. The average molecular weight is 373 g/mol. The van der Waals surface area contributed by atoms with Crippen molar-refractivity contribution in [1.29, 1.82) is 0 Å². The van der Waals surface area contributed by atoms with Gasteiger partial charge >= 0.3 is 0 Å². The molecule has 6 nitrogen and oxygen atoms in total. The summed E-state index contributed by atoms with van der Waals surface area (Å²) in [5.74, 6) is 0.763. The van der Waals surface area contributed by atoms with Crippen LogP contribution in [-0.4, -0.2) is 60.9 Å². The van der Waals surface area contributed by atoms with E-state index in [-0.39, 0.29) is 29.8 Å². The molecule has 27 heavy (non-hydrogen) atoms. The van der Waals surface area contributed by atoms with E-state index in [4.69, 9.17) is 4.74 Å². The zero-order valence-electron chi connectivity index (χ0n) is 16.6. The number of para-hydroxylation sites is 1. The molecule has 3 rings (SSSR count). The van der Waals surface area contributed by atoms with E-state index in [1.807, 2.05) is 34.1 Å². The monoisotopic (exact) mass is 373 g/mol. The molecule has 148 valence electrons. The lowest BCUT2D eigenvalue weighted by Gasteiger charge is -2.38. The Bertz CT molecular complexity index is 674. The number of nitrogens with zero attached hydrogens (tertiary/aromatic N) is 2. The first kappa shape index (κ1) is 19.7. The van der Waals surface area contributed by atoms with Gasteiger partial charge in [-0.3, -0.25) is 9.59 Å². The highest BCUT2D eigenvalue weighted by Gasteiger charge is 2.41. The van der Waals surface area contributed by atoms with E-state index in [2.05, 4.69) is 19.2 Å². The van der Waals surface area contributed by atoms with Crippen LogP contribution in [0, 0.1) is 5.92 Å². The summed E-state index contributed by atoms with van der Waals surface area (Å²) >= 11 is 0. The summed E-state index contributed by atoms with van der Waals surface area (Å²) in [6.07, 6.45) is 2.19. The molecule has 0 spiro atoms. The van der Waals surface area contributed by atoms with Crippen molar-refractivity contribution in [1.82, 2.24) is 15.1 Å². The summed E-state index contributed by atoms with van der Waals surface area (Å²) in [5, 5.41) is 3.39. The third-order valence-electron chi connectivity index (χ3n) is 5.92. The third-order valence-corrected chi connectivity index (χ3v) is 5.92. The SMILES string of the molecule is CCC(CC)N1CC(C(=O)N2CCNCC2c2ccccc2OC)CC1=O. The van der Waals surface area contributed by atoms with E-state index in [0.717, 1.165) is 30.7 Å². The van der Waals surface area contributed by atoms with Gasteiger partial charge in [-0.2, -0.15) is 0 Å². The van der Waals surface area contributed by atoms with Crippen molar-refractivity contribution in [2.75, 3.05) is 33.3 Å². The van der Waals surface area contributed by atoms with E-state index in [0.29, 0.717) is 26.1 Å². The Kier molecular flexibility index (Phi) is 6.37. The number of rotatable bonds is 6. The van der Waals surface area contributed by atoms with Gasteiger partial charge in [0.2, 0.25) is 11.8 Å². The second kappa shape index (κ2) is 8.74. The number of nitrogens with one attached hydrogen (secondary N) is 1. The predicted molar refractivity (Wildman–Crippen MR) is 105 cm³/mol. The molecule has 0 bridgehead atoms. The van der Waals surface area contributed by atoms with Gasteiger partial charge in [-0.05, 0) is 18.9 Å². The van der Waals surface area contributed by atoms with Gasteiger partial charge in [-0.15, -0.1) is 0 Å². The van der Waals surface area contributed by atoms with E-state index in [9.17, 15) is 9.59 Å². The fourth-order valence-corrected chi connectivity index (χ4v) is 4.40. The highest BCUT2D eigenvalue weighted by Crippen LogP contribution is 2.33. The molecule has 2 unspecified atom stereocenters. The molecule has 2 heterocycles. The summed E-state index contributed by atoms with van der Waals surface area (Å²) in [4.78, 5) is 29.7. The summed E-state index contributed by atoms with van der Waals surface area (Å²) in [5.41, 5.74) is 1.02. The summed E-state index contributed by atoms with van der Waals surface area (Å²) in [6, 6.07) is 8.04. The Morgan fingerprint density at radius 2 is 2.04 bits per heavy atom. The van der Waals surface area contributed by atoms with Gasteiger partial charge in [0.25, 0.3) is 0 Å². The zero-order chi connectivity index (χ0) is 19.4. The summed E-state index contributed by atoms with van der Waals surface area (Å²) in [7, 11) is 1.66. The maximum absolute atomic E-state index is 13.4. The highest BCUT2D eigenvalue weighted by atomic mass is 16.5. The van der Waals surface area contributed by atoms with Gasteiger partial charge in [0.05, 0.1) is 19.1 Å². The van der Waals surface area contributed by atoms with Gasteiger partial charge in [0, 0.05) is 44.2 Å². The Balaban J connectivity index is 1.79. The minimum absolute atomic E-state index is 0.0697. The maximum atomic E-state index is 13.4. The van der Waals surface area contributed by atoms with Crippen LogP contribution in [-0.2, 0) is 9.59 Å². The standard InChI is InChI=1S/C21H31N3O3/c1-4-16(5-2)24-14-15(12-20(24)25)21(26)23-11-10-22-13-18(23)17-8-6-7-9-19(17)27-3/h6-9,15-16,18,22H,4-5,10-14H2,1-3H3. The van der Waals surface area contributed by atoms with Crippen molar-refractivity contribution in [3.8, 4) is 5.75 Å². The maximum Gasteiger partial charge on any atom is 0.228 e. The Labute approximate surface area is 161 Å². The molecule has 2 aliphatic rings. The smallest absolute Gasteiger partial charge is 0.228 e. The molecule has 0 radical (unpaired) electrons. The molecule has 0 aromatic heterocycles. The van der Waals surface area contributed by atoms with E-state index in [1.165, 1.54) is 0 Å². The molecule has 2 saturated heterocycles. The van der Waals surface area contributed by atoms with Crippen LogP contribution in [0.2, 0.25) is 0 Å². The van der Waals surface area contributed by atoms with E-state index >= 15 is 0 Å². The van der Waals surface area contributed by atoms with Crippen LogP contribution in [0.25, 0.3) is 0 Å². The van der Waals surface area contributed by atoms with Crippen molar-refractivity contribution >= 4 is 11.8 Å². The van der Waals surface area contributed by atoms with E-state index < -0.39 is 0 Å². The first-order valence-electron chi connectivity index (χ1n) is 10.0. The summed E-state index contributed by atoms with van der Waals surface area (Å²) in [6.45, 7) is 6.87. The minimum atomic E-state index is -0.242. The number of ether oxygens (including phenoxy) is 1. The number of hydrogen-bond acceptors (Lipinski definition) is 4. The number of carbonyl (C=O) groups excluding carboxylic acids is 2. The van der Waals surface area contributed by atoms with Crippen molar-refractivity contribution in [3.63, 3.8) is 0 Å². The molecule has 0 saturated carbocycles. The molecule has 2 fully saturated rings. The number of carbonyl (C=O) groups is 2. The van der Waals surface area contributed by atoms with Gasteiger partial charge in [-0.25, -0.2) is 0 Å². The fraction of sp³-hybridized carbons (Fsp3) is 0.619. The molecule has 2 amide bonds. The molecule has 1 aromatic carbocycles. The molecule has 2 aliphatic heterocycles. The van der Waals surface area contributed by atoms with Crippen LogP contribution < -0.4 is 10.1 Å².